The van der Waals surface area contributed by atoms with Gasteiger partial charge in [-0.05, 0) is 36.1 Å². The highest BCUT2D eigenvalue weighted by atomic mass is 19.2. The summed E-state index contributed by atoms with van der Waals surface area (Å²) in [5.74, 6) is -1.23. The summed E-state index contributed by atoms with van der Waals surface area (Å²) >= 11 is 0. The van der Waals surface area contributed by atoms with E-state index in [0.717, 1.165) is 30.5 Å². The third-order valence-corrected chi connectivity index (χ3v) is 3.52. The molecule has 2 aromatic rings. The quantitative estimate of drug-likeness (QED) is 0.911. The number of aliphatic hydroxyl groups is 1. The Morgan fingerprint density at radius 2 is 1.95 bits per heavy atom. The van der Waals surface area contributed by atoms with Crippen LogP contribution in [-0.2, 0) is 6.42 Å². The fourth-order valence-corrected chi connectivity index (χ4v) is 2.49. The molecule has 1 unspecified atom stereocenters. The van der Waals surface area contributed by atoms with E-state index < -0.39 is 17.7 Å². The average molecular weight is 276 g/mol. The molecule has 1 aliphatic rings. The molecule has 0 saturated heterocycles. The lowest BCUT2D eigenvalue weighted by Gasteiger charge is -2.23. The Bertz CT molecular complexity index is 640. The van der Waals surface area contributed by atoms with Crippen LogP contribution in [0.2, 0.25) is 0 Å². The highest BCUT2D eigenvalue weighted by Gasteiger charge is 2.21. The van der Waals surface area contributed by atoms with Crippen molar-refractivity contribution in [3.8, 4) is 5.75 Å². The second-order valence-corrected chi connectivity index (χ2v) is 4.86. The first-order valence-electron chi connectivity index (χ1n) is 6.54. The maximum Gasteiger partial charge on any atom is 0.159 e. The van der Waals surface area contributed by atoms with E-state index >= 15 is 0 Å². The molecule has 0 radical (unpaired) electrons. The zero-order chi connectivity index (χ0) is 14.1. The van der Waals surface area contributed by atoms with E-state index in [1.165, 1.54) is 6.07 Å². The van der Waals surface area contributed by atoms with E-state index in [1.807, 2.05) is 12.1 Å². The van der Waals surface area contributed by atoms with E-state index in [2.05, 4.69) is 0 Å². The van der Waals surface area contributed by atoms with Gasteiger partial charge in [0.1, 0.15) is 11.9 Å². The molecule has 20 heavy (non-hydrogen) atoms. The van der Waals surface area contributed by atoms with Gasteiger partial charge in [-0.15, -0.1) is 0 Å². The first kappa shape index (κ1) is 13.1. The average Bonchev–Trinajstić information content (AvgIpc) is 2.49. The first-order chi connectivity index (χ1) is 9.66. The van der Waals surface area contributed by atoms with Gasteiger partial charge in [-0.25, -0.2) is 8.78 Å². The largest absolute Gasteiger partial charge is 0.493 e. The van der Waals surface area contributed by atoms with E-state index in [9.17, 15) is 13.9 Å². The van der Waals surface area contributed by atoms with Crippen molar-refractivity contribution in [1.29, 1.82) is 0 Å². The van der Waals surface area contributed by atoms with Gasteiger partial charge in [-0.1, -0.05) is 24.3 Å². The van der Waals surface area contributed by atoms with Crippen molar-refractivity contribution in [3.05, 3.63) is 64.7 Å². The van der Waals surface area contributed by atoms with Gasteiger partial charge in [-0.2, -0.15) is 0 Å². The van der Waals surface area contributed by atoms with Gasteiger partial charge in [0.25, 0.3) is 0 Å². The van der Waals surface area contributed by atoms with Crippen LogP contribution in [0.15, 0.2) is 36.4 Å². The Morgan fingerprint density at radius 3 is 2.75 bits per heavy atom. The van der Waals surface area contributed by atoms with Crippen molar-refractivity contribution in [1.82, 2.24) is 0 Å². The second-order valence-electron chi connectivity index (χ2n) is 4.86. The molecule has 2 aromatic carbocycles. The van der Waals surface area contributed by atoms with Crippen LogP contribution in [0.25, 0.3) is 0 Å². The Balaban J connectivity index is 2.02. The molecule has 0 spiro atoms. The molecule has 1 heterocycles. The molecule has 0 amide bonds. The lowest BCUT2D eigenvalue weighted by molar-refractivity contribution is 0.206. The highest BCUT2D eigenvalue weighted by Crippen LogP contribution is 2.35. The van der Waals surface area contributed by atoms with Gasteiger partial charge in [0.05, 0.1) is 6.61 Å². The summed E-state index contributed by atoms with van der Waals surface area (Å²) < 4.78 is 31.9. The minimum absolute atomic E-state index is 0.312. The van der Waals surface area contributed by atoms with Crippen LogP contribution in [0.1, 0.15) is 29.2 Å². The molecular formula is C16H14F2O2. The zero-order valence-corrected chi connectivity index (χ0v) is 10.8. The number of aliphatic hydroxyl groups excluding tert-OH is 1. The minimum Gasteiger partial charge on any atom is -0.493 e. The standard InChI is InChI=1S/C16H14F2O2/c17-13-7-6-11(9-14(13)18)15(19)12-5-1-3-10-4-2-8-20-16(10)12/h1,3,5-7,9,15,19H,2,4,8H2. The minimum atomic E-state index is -1.03. The maximum absolute atomic E-state index is 13.3. The molecule has 3 rings (SSSR count). The van der Waals surface area contributed by atoms with Crippen molar-refractivity contribution in [3.63, 3.8) is 0 Å². The SMILES string of the molecule is OC(c1ccc(F)c(F)c1)c1cccc2c1OCCC2. The predicted octanol–water partition coefficient (Wildman–Crippen LogP) is 3.37. The molecule has 1 N–H and O–H groups in total. The van der Waals surface area contributed by atoms with Crippen LogP contribution >= 0.6 is 0 Å². The summed E-state index contributed by atoms with van der Waals surface area (Å²) in [4.78, 5) is 0. The molecular weight excluding hydrogens is 262 g/mol. The van der Waals surface area contributed by atoms with Crippen molar-refractivity contribution < 1.29 is 18.6 Å². The van der Waals surface area contributed by atoms with Crippen LogP contribution in [0, 0.1) is 11.6 Å². The number of rotatable bonds is 2. The molecule has 1 aliphatic heterocycles. The van der Waals surface area contributed by atoms with Gasteiger partial charge >= 0.3 is 0 Å². The van der Waals surface area contributed by atoms with Crippen molar-refractivity contribution in [2.75, 3.05) is 6.61 Å². The third kappa shape index (κ3) is 2.27. The van der Waals surface area contributed by atoms with Gasteiger partial charge in [-0.3, -0.25) is 0 Å². The maximum atomic E-state index is 13.3. The number of halogens is 2. The molecule has 0 bridgehead atoms. The number of fused-ring (bicyclic) bond motifs is 1. The molecule has 2 nitrogen and oxygen atoms in total. The Kier molecular flexibility index (Phi) is 3.40. The monoisotopic (exact) mass is 276 g/mol. The molecule has 0 fully saturated rings. The van der Waals surface area contributed by atoms with Gasteiger partial charge in [0, 0.05) is 5.56 Å². The Morgan fingerprint density at radius 1 is 1.10 bits per heavy atom. The summed E-state index contributed by atoms with van der Waals surface area (Å²) in [6.07, 6.45) is 0.809. The van der Waals surface area contributed by atoms with E-state index in [0.29, 0.717) is 23.5 Å². The van der Waals surface area contributed by atoms with Crippen LogP contribution in [0.5, 0.6) is 5.75 Å². The molecule has 0 aliphatic carbocycles. The summed E-state index contributed by atoms with van der Waals surface area (Å²) in [5.41, 5.74) is 1.94. The number of hydrogen-bond acceptors (Lipinski definition) is 2. The third-order valence-electron chi connectivity index (χ3n) is 3.52. The van der Waals surface area contributed by atoms with Gasteiger partial charge in [0.15, 0.2) is 11.6 Å². The first-order valence-corrected chi connectivity index (χ1v) is 6.54. The van der Waals surface area contributed by atoms with Crippen LogP contribution in [0.3, 0.4) is 0 Å². The molecule has 4 heteroatoms. The van der Waals surface area contributed by atoms with Gasteiger partial charge < -0.3 is 9.84 Å². The fraction of sp³-hybridized carbons (Fsp3) is 0.250. The summed E-state index contributed by atoms with van der Waals surface area (Å²) in [5, 5.41) is 10.4. The molecule has 0 aromatic heterocycles. The topological polar surface area (TPSA) is 29.5 Å². The Labute approximate surface area is 115 Å². The molecule has 104 valence electrons. The van der Waals surface area contributed by atoms with Crippen LogP contribution < -0.4 is 4.74 Å². The Hall–Kier alpha value is -1.94. The zero-order valence-electron chi connectivity index (χ0n) is 10.8. The number of hydrogen-bond donors (Lipinski definition) is 1. The second kappa shape index (κ2) is 5.21. The van der Waals surface area contributed by atoms with Crippen LogP contribution in [-0.4, -0.2) is 11.7 Å². The van der Waals surface area contributed by atoms with E-state index in [-0.39, 0.29) is 0 Å². The van der Waals surface area contributed by atoms with Crippen molar-refractivity contribution in [2.24, 2.45) is 0 Å². The number of aryl methyl sites for hydroxylation is 1. The fourth-order valence-electron chi connectivity index (χ4n) is 2.49. The highest BCUT2D eigenvalue weighted by molar-refractivity contribution is 5.46. The number of para-hydroxylation sites is 1. The normalized spacial score (nSPS) is 15.3. The summed E-state index contributed by atoms with van der Waals surface area (Å²) in [7, 11) is 0. The van der Waals surface area contributed by atoms with Gasteiger partial charge in [0.2, 0.25) is 0 Å². The van der Waals surface area contributed by atoms with E-state index in [1.54, 1.807) is 6.07 Å². The number of ether oxygens (including phenoxy) is 1. The lowest BCUT2D eigenvalue weighted by atomic mass is 9.95. The van der Waals surface area contributed by atoms with E-state index in [4.69, 9.17) is 4.74 Å². The summed E-state index contributed by atoms with van der Waals surface area (Å²) in [6, 6.07) is 8.95. The summed E-state index contributed by atoms with van der Waals surface area (Å²) in [6.45, 7) is 0.606. The lowest BCUT2D eigenvalue weighted by Crippen LogP contribution is -2.12. The van der Waals surface area contributed by atoms with Crippen molar-refractivity contribution >= 4 is 0 Å². The smallest absolute Gasteiger partial charge is 0.159 e. The molecule has 0 saturated carbocycles. The number of benzene rings is 2. The predicted molar refractivity (Wildman–Crippen MR) is 70.7 cm³/mol. The van der Waals surface area contributed by atoms with Crippen LogP contribution in [0.4, 0.5) is 8.78 Å². The van der Waals surface area contributed by atoms with Crippen molar-refractivity contribution in [2.45, 2.75) is 18.9 Å². The molecule has 1 atom stereocenters.